The molecule has 0 radical (unpaired) electrons. The molecule has 3 heteroatoms. The van der Waals surface area contributed by atoms with Gasteiger partial charge in [0.05, 0.1) is 6.61 Å². The zero-order chi connectivity index (χ0) is 13.2. The number of carbonyl (C=O) groups is 1. The lowest BCUT2D eigenvalue weighted by Crippen LogP contribution is -2.38. The van der Waals surface area contributed by atoms with Gasteiger partial charge >= 0.3 is 5.97 Å². The van der Waals surface area contributed by atoms with Gasteiger partial charge < -0.3 is 10.1 Å². The number of esters is 1. The van der Waals surface area contributed by atoms with Crippen molar-refractivity contribution in [1.82, 2.24) is 5.32 Å². The average Bonchev–Trinajstić information content (AvgIpc) is 2.39. The van der Waals surface area contributed by atoms with E-state index in [1.54, 1.807) is 0 Å². The smallest absolute Gasteiger partial charge is 0.323 e. The van der Waals surface area contributed by atoms with Gasteiger partial charge in [0.1, 0.15) is 6.04 Å². The van der Waals surface area contributed by atoms with Crippen LogP contribution in [0.2, 0.25) is 0 Å². The van der Waals surface area contributed by atoms with Crippen LogP contribution in [0.4, 0.5) is 0 Å². The third-order valence-corrected chi connectivity index (χ3v) is 2.82. The van der Waals surface area contributed by atoms with E-state index in [9.17, 15) is 4.79 Å². The fourth-order valence-electron chi connectivity index (χ4n) is 1.95. The molecule has 0 aliphatic heterocycles. The fraction of sp³-hybridized carbons (Fsp3) is 0.533. The summed E-state index contributed by atoms with van der Waals surface area (Å²) in [5, 5.41) is 3.18. The van der Waals surface area contributed by atoms with Crippen LogP contribution in [-0.2, 0) is 16.0 Å². The first-order valence-corrected chi connectivity index (χ1v) is 6.71. The van der Waals surface area contributed by atoms with Crippen LogP contribution in [0.25, 0.3) is 0 Å². The summed E-state index contributed by atoms with van der Waals surface area (Å²) in [6.45, 7) is 5.07. The van der Waals surface area contributed by atoms with Crippen LogP contribution in [0.5, 0.6) is 0 Å². The molecule has 18 heavy (non-hydrogen) atoms. The predicted octanol–water partition coefficient (Wildman–Crippen LogP) is 2.55. The molecule has 0 fully saturated rings. The van der Waals surface area contributed by atoms with E-state index in [0.29, 0.717) is 6.61 Å². The van der Waals surface area contributed by atoms with Crippen LogP contribution >= 0.6 is 0 Å². The summed E-state index contributed by atoms with van der Waals surface area (Å²) < 4.78 is 5.06. The fourth-order valence-corrected chi connectivity index (χ4v) is 1.95. The Hall–Kier alpha value is -1.35. The van der Waals surface area contributed by atoms with Crippen molar-refractivity contribution in [2.45, 2.75) is 39.2 Å². The Morgan fingerprint density at radius 3 is 2.61 bits per heavy atom. The van der Waals surface area contributed by atoms with Gasteiger partial charge in [-0.15, -0.1) is 0 Å². The molecule has 0 saturated carbocycles. The summed E-state index contributed by atoms with van der Waals surface area (Å²) in [7, 11) is 0. The Morgan fingerprint density at radius 1 is 1.28 bits per heavy atom. The van der Waals surface area contributed by atoms with Crippen LogP contribution in [0.1, 0.15) is 32.3 Å². The van der Waals surface area contributed by atoms with Crippen LogP contribution in [0.3, 0.4) is 0 Å². The number of rotatable bonds is 8. The Bertz CT molecular complexity index is 338. The van der Waals surface area contributed by atoms with Gasteiger partial charge in [0.25, 0.3) is 0 Å². The van der Waals surface area contributed by atoms with E-state index in [4.69, 9.17) is 4.74 Å². The van der Waals surface area contributed by atoms with Crippen LogP contribution in [0.15, 0.2) is 30.3 Å². The lowest BCUT2D eigenvalue weighted by Gasteiger charge is -2.16. The van der Waals surface area contributed by atoms with E-state index in [2.05, 4.69) is 17.4 Å². The van der Waals surface area contributed by atoms with Gasteiger partial charge in [0, 0.05) is 0 Å². The SMILES string of the molecule is CCN[C@@H](CCCc1ccccc1)C(=O)OCC. The predicted molar refractivity (Wildman–Crippen MR) is 73.5 cm³/mol. The Kier molecular flexibility index (Phi) is 7.11. The van der Waals surface area contributed by atoms with Crippen LogP contribution in [-0.4, -0.2) is 25.2 Å². The molecule has 0 saturated heterocycles. The number of likely N-dealkylation sites (N-methyl/N-ethyl adjacent to an activating group) is 1. The van der Waals surface area contributed by atoms with Gasteiger partial charge in [-0.05, 0) is 38.3 Å². The molecule has 0 amide bonds. The largest absolute Gasteiger partial charge is 0.465 e. The first-order chi connectivity index (χ1) is 8.77. The van der Waals surface area contributed by atoms with E-state index >= 15 is 0 Å². The van der Waals surface area contributed by atoms with Gasteiger partial charge in [0.15, 0.2) is 0 Å². The van der Waals surface area contributed by atoms with Gasteiger partial charge in [0.2, 0.25) is 0 Å². The van der Waals surface area contributed by atoms with Gasteiger partial charge in [-0.1, -0.05) is 37.3 Å². The first-order valence-electron chi connectivity index (χ1n) is 6.71. The highest BCUT2D eigenvalue weighted by atomic mass is 16.5. The highest BCUT2D eigenvalue weighted by Crippen LogP contribution is 2.07. The maximum atomic E-state index is 11.7. The van der Waals surface area contributed by atoms with Crippen molar-refractivity contribution in [3.8, 4) is 0 Å². The van der Waals surface area contributed by atoms with Gasteiger partial charge in [-0.2, -0.15) is 0 Å². The molecule has 0 heterocycles. The molecule has 0 bridgehead atoms. The lowest BCUT2D eigenvalue weighted by atomic mass is 10.0. The van der Waals surface area contributed by atoms with Crippen molar-refractivity contribution in [3.05, 3.63) is 35.9 Å². The van der Waals surface area contributed by atoms with Crippen molar-refractivity contribution in [3.63, 3.8) is 0 Å². The molecule has 1 atom stereocenters. The average molecular weight is 249 g/mol. The lowest BCUT2D eigenvalue weighted by molar-refractivity contribution is -0.145. The minimum Gasteiger partial charge on any atom is -0.465 e. The van der Waals surface area contributed by atoms with E-state index in [1.165, 1.54) is 5.56 Å². The minimum absolute atomic E-state index is 0.132. The Labute approximate surface area is 110 Å². The number of hydrogen-bond donors (Lipinski definition) is 1. The van der Waals surface area contributed by atoms with Gasteiger partial charge in [-0.25, -0.2) is 0 Å². The molecule has 0 unspecified atom stereocenters. The van der Waals surface area contributed by atoms with E-state index in [-0.39, 0.29) is 12.0 Å². The highest BCUT2D eigenvalue weighted by Gasteiger charge is 2.17. The summed E-state index contributed by atoms with van der Waals surface area (Å²) in [5.74, 6) is -0.132. The molecule has 1 rings (SSSR count). The van der Waals surface area contributed by atoms with E-state index in [0.717, 1.165) is 25.8 Å². The summed E-state index contributed by atoms with van der Waals surface area (Å²) in [6, 6.07) is 10.2. The molecule has 100 valence electrons. The van der Waals surface area contributed by atoms with E-state index in [1.807, 2.05) is 32.0 Å². The molecule has 0 aliphatic carbocycles. The third kappa shape index (κ3) is 5.32. The van der Waals surface area contributed by atoms with Crippen molar-refractivity contribution in [2.24, 2.45) is 0 Å². The standard InChI is InChI=1S/C15H23NO2/c1-3-16-14(15(17)18-4-2)12-8-11-13-9-6-5-7-10-13/h5-7,9-10,14,16H,3-4,8,11-12H2,1-2H3/t14-/m0/s1. The van der Waals surface area contributed by atoms with Crippen molar-refractivity contribution < 1.29 is 9.53 Å². The minimum atomic E-state index is -0.168. The van der Waals surface area contributed by atoms with Crippen molar-refractivity contribution in [1.29, 1.82) is 0 Å². The number of nitrogens with one attached hydrogen (secondary N) is 1. The number of aryl methyl sites for hydroxylation is 1. The zero-order valence-corrected chi connectivity index (χ0v) is 11.3. The number of carbonyl (C=O) groups excluding carboxylic acids is 1. The molecule has 1 N–H and O–H groups in total. The molecule has 1 aromatic rings. The summed E-state index contributed by atoms with van der Waals surface area (Å²) in [4.78, 5) is 11.7. The quantitative estimate of drug-likeness (QED) is 0.720. The Balaban J connectivity index is 2.35. The second-order valence-corrected chi connectivity index (χ2v) is 4.24. The summed E-state index contributed by atoms with van der Waals surface area (Å²) in [6.07, 6.45) is 2.81. The van der Waals surface area contributed by atoms with E-state index < -0.39 is 0 Å². The molecule has 0 aromatic heterocycles. The Morgan fingerprint density at radius 2 is 2.00 bits per heavy atom. The van der Waals surface area contributed by atoms with Gasteiger partial charge in [-0.3, -0.25) is 4.79 Å². The monoisotopic (exact) mass is 249 g/mol. The normalized spacial score (nSPS) is 12.1. The van der Waals surface area contributed by atoms with Crippen molar-refractivity contribution >= 4 is 5.97 Å². The highest BCUT2D eigenvalue weighted by molar-refractivity contribution is 5.75. The summed E-state index contributed by atoms with van der Waals surface area (Å²) >= 11 is 0. The second-order valence-electron chi connectivity index (χ2n) is 4.24. The molecule has 3 nitrogen and oxygen atoms in total. The first kappa shape index (κ1) is 14.7. The molecular formula is C15H23NO2. The van der Waals surface area contributed by atoms with Crippen molar-refractivity contribution in [2.75, 3.05) is 13.2 Å². The third-order valence-electron chi connectivity index (χ3n) is 2.82. The topological polar surface area (TPSA) is 38.3 Å². The molecule has 0 spiro atoms. The number of benzene rings is 1. The van der Waals surface area contributed by atoms with Crippen LogP contribution in [0, 0.1) is 0 Å². The second kappa shape index (κ2) is 8.70. The van der Waals surface area contributed by atoms with Crippen LogP contribution < -0.4 is 5.32 Å². The molecule has 1 aromatic carbocycles. The molecule has 0 aliphatic rings. The summed E-state index contributed by atoms with van der Waals surface area (Å²) in [5.41, 5.74) is 1.32. The number of hydrogen-bond acceptors (Lipinski definition) is 3. The maximum absolute atomic E-state index is 11.7. The molecular weight excluding hydrogens is 226 g/mol. The maximum Gasteiger partial charge on any atom is 0.323 e. The zero-order valence-electron chi connectivity index (χ0n) is 11.3. The number of ether oxygens (including phenoxy) is 1.